The fourth-order valence-corrected chi connectivity index (χ4v) is 1.76. The minimum Gasteiger partial charge on any atom is -0.498 e. The van der Waals surface area contributed by atoms with Crippen LogP contribution < -0.4 is 0 Å². The van der Waals surface area contributed by atoms with Gasteiger partial charge in [0.15, 0.2) is 0 Å². The molecule has 0 aliphatic carbocycles. The van der Waals surface area contributed by atoms with Gasteiger partial charge in [-0.25, -0.2) is 4.79 Å². The van der Waals surface area contributed by atoms with E-state index < -0.39 is 12.1 Å². The molecule has 4 nitrogen and oxygen atoms in total. The van der Waals surface area contributed by atoms with Crippen molar-refractivity contribution >= 4 is 17.6 Å². The Labute approximate surface area is 117 Å². The molecule has 1 rings (SSSR count). The molecule has 0 heterocycles. The minimum atomic E-state index is -0.791. The molecule has 0 fully saturated rings. The van der Waals surface area contributed by atoms with E-state index in [-0.39, 0.29) is 6.42 Å². The van der Waals surface area contributed by atoms with E-state index in [1.165, 1.54) is 13.2 Å². The molecule has 104 valence electrons. The largest absolute Gasteiger partial charge is 0.498 e. The van der Waals surface area contributed by atoms with Crippen LogP contribution in [0.1, 0.15) is 25.0 Å². The molecule has 1 atom stereocenters. The Bertz CT molecular complexity index is 457. The van der Waals surface area contributed by atoms with Gasteiger partial charge in [0.25, 0.3) is 0 Å². The Morgan fingerprint density at radius 2 is 2.26 bits per heavy atom. The highest BCUT2D eigenvalue weighted by atomic mass is 35.5. The number of ether oxygens (including phenoxy) is 2. The SMILES string of the molecule is CCOC(=CC(=O)OC)CC(O)c1cccc(Cl)c1. The summed E-state index contributed by atoms with van der Waals surface area (Å²) in [6, 6.07) is 6.92. The monoisotopic (exact) mass is 284 g/mol. The fourth-order valence-electron chi connectivity index (χ4n) is 1.56. The summed E-state index contributed by atoms with van der Waals surface area (Å²) in [6.45, 7) is 2.21. The van der Waals surface area contributed by atoms with Gasteiger partial charge in [-0.2, -0.15) is 0 Å². The second-order valence-corrected chi connectivity index (χ2v) is 4.28. The average molecular weight is 285 g/mol. The number of benzene rings is 1. The van der Waals surface area contributed by atoms with Gasteiger partial charge in [0.05, 0.1) is 25.9 Å². The Morgan fingerprint density at radius 3 is 2.84 bits per heavy atom. The van der Waals surface area contributed by atoms with Crippen molar-refractivity contribution in [2.24, 2.45) is 0 Å². The molecule has 1 aromatic rings. The maximum Gasteiger partial charge on any atom is 0.333 e. The number of esters is 1. The van der Waals surface area contributed by atoms with Crippen LogP contribution in [0.25, 0.3) is 0 Å². The molecule has 0 aliphatic rings. The molecule has 0 aromatic heterocycles. The van der Waals surface area contributed by atoms with Crippen molar-refractivity contribution in [2.75, 3.05) is 13.7 Å². The molecule has 1 unspecified atom stereocenters. The van der Waals surface area contributed by atoms with Crippen molar-refractivity contribution in [2.45, 2.75) is 19.4 Å². The van der Waals surface area contributed by atoms with Crippen LogP contribution in [0.3, 0.4) is 0 Å². The van der Waals surface area contributed by atoms with Gasteiger partial charge in [-0.1, -0.05) is 23.7 Å². The van der Waals surface area contributed by atoms with E-state index >= 15 is 0 Å². The lowest BCUT2D eigenvalue weighted by molar-refractivity contribution is -0.135. The maximum atomic E-state index is 11.2. The first kappa shape index (κ1) is 15.5. The predicted octanol–water partition coefficient (Wildman–Crippen LogP) is 2.86. The molecule has 0 bridgehead atoms. The molecular formula is C14H17ClO4. The third-order valence-electron chi connectivity index (χ3n) is 2.44. The van der Waals surface area contributed by atoms with Crippen molar-refractivity contribution in [1.29, 1.82) is 0 Å². The lowest BCUT2D eigenvalue weighted by Crippen LogP contribution is -2.05. The molecule has 0 spiro atoms. The summed E-state index contributed by atoms with van der Waals surface area (Å²) < 4.78 is 9.84. The molecule has 0 saturated heterocycles. The highest BCUT2D eigenvalue weighted by Crippen LogP contribution is 2.24. The van der Waals surface area contributed by atoms with Crippen molar-refractivity contribution in [3.05, 3.63) is 46.7 Å². The summed E-state index contributed by atoms with van der Waals surface area (Å²) in [5.74, 6) is -0.136. The van der Waals surface area contributed by atoms with Crippen molar-refractivity contribution in [1.82, 2.24) is 0 Å². The highest BCUT2D eigenvalue weighted by molar-refractivity contribution is 6.30. The molecule has 1 aromatic carbocycles. The smallest absolute Gasteiger partial charge is 0.333 e. The van der Waals surface area contributed by atoms with Crippen LogP contribution in [-0.2, 0) is 14.3 Å². The number of hydrogen-bond acceptors (Lipinski definition) is 4. The van der Waals surface area contributed by atoms with Gasteiger partial charge in [0.1, 0.15) is 5.76 Å². The molecule has 0 aliphatic heterocycles. The summed E-state index contributed by atoms with van der Waals surface area (Å²) in [6.07, 6.45) is 0.627. The van der Waals surface area contributed by atoms with Crippen LogP contribution in [0.15, 0.2) is 36.1 Å². The lowest BCUT2D eigenvalue weighted by atomic mass is 10.1. The summed E-state index contributed by atoms with van der Waals surface area (Å²) in [5.41, 5.74) is 0.669. The summed E-state index contributed by atoms with van der Waals surface area (Å²) in [7, 11) is 1.29. The van der Waals surface area contributed by atoms with Gasteiger partial charge in [0.2, 0.25) is 0 Å². The van der Waals surface area contributed by atoms with Gasteiger partial charge >= 0.3 is 5.97 Å². The third kappa shape index (κ3) is 5.32. The Hall–Kier alpha value is -1.52. The summed E-state index contributed by atoms with van der Waals surface area (Å²) in [4.78, 5) is 11.2. The van der Waals surface area contributed by atoms with Gasteiger partial charge in [-0.15, -0.1) is 0 Å². The lowest BCUT2D eigenvalue weighted by Gasteiger charge is -2.14. The Balaban J connectivity index is 2.79. The number of aliphatic hydroxyl groups excluding tert-OH is 1. The second kappa shape index (κ2) is 7.81. The van der Waals surface area contributed by atoms with Gasteiger partial charge in [0, 0.05) is 11.4 Å². The fraction of sp³-hybridized carbons (Fsp3) is 0.357. The molecular weight excluding hydrogens is 268 g/mol. The van der Waals surface area contributed by atoms with E-state index in [2.05, 4.69) is 4.74 Å². The van der Waals surface area contributed by atoms with E-state index in [1.54, 1.807) is 31.2 Å². The van der Waals surface area contributed by atoms with E-state index in [9.17, 15) is 9.90 Å². The molecule has 0 saturated carbocycles. The second-order valence-electron chi connectivity index (χ2n) is 3.84. The maximum absolute atomic E-state index is 11.2. The number of aliphatic hydroxyl groups is 1. The van der Waals surface area contributed by atoms with Crippen LogP contribution in [-0.4, -0.2) is 24.8 Å². The number of hydrogen-bond donors (Lipinski definition) is 1. The van der Waals surface area contributed by atoms with Gasteiger partial charge in [-0.05, 0) is 24.6 Å². The minimum absolute atomic E-state index is 0.184. The number of halogens is 1. The van der Waals surface area contributed by atoms with Gasteiger partial charge in [-0.3, -0.25) is 0 Å². The third-order valence-corrected chi connectivity index (χ3v) is 2.67. The molecule has 0 amide bonds. The number of methoxy groups -OCH3 is 1. The predicted molar refractivity (Wildman–Crippen MR) is 72.8 cm³/mol. The number of carbonyl (C=O) groups is 1. The van der Waals surface area contributed by atoms with Crippen LogP contribution in [0.5, 0.6) is 0 Å². The highest BCUT2D eigenvalue weighted by Gasteiger charge is 2.13. The van der Waals surface area contributed by atoms with Crippen LogP contribution in [0, 0.1) is 0 Å². The quantitative estimate of drug-likeness (QED) is 0.496. The Morgan fingerprint density at radius 1 is 1.53 bits per heavy atom. The first-order valence-electron chi connectivity index (χ1n) is 5.91. The van der Waals surface area contributed by atoms with E-state index in [0.717, 1.165) is 0 Å². The zero-order valence-electron chi connectivity index (χ0n) is 10.9. The zero-order valence-corrected chi connectivity index (χ0v) is 11.7. The number of rotatable bonds is 6. The van der Waals surface area contributed by atoms with Crippen molar-refractivity contribution in [3.63, 3.8) is 0 Å². The van der Waals surface area contributed by atoms with Crippen LogP contribution in [0.2, 0.25) is 5.02 Å². The van der Waals surface area contributed by atoms with Crippen LogP contribution in [0.4, 0.5) is 0 Å². The normalized spacial score (nSPS) is 12.9. The van der Waals surface area contributed by atoms with Crippen molar-refractivity contribution < 1.29 is 19.4 Å². The average Bonchev–Trinajstić information content (AvgIpc) is 2.38. The zero-order chi connectivity index (χ0) is 14.3. The molecule has 0 radical (unpaired) electrons. The van der Waals surface area contributed by atoms with E-state index in [1.807, 2.05) is 0 Å². The number of carbonyl (C=O) groups excluding carboxylic acids is 1. The first-order valence-corrected chi connectivity index (χ1v) is 6.29. The summed E-state index contributed by atoms with van der Waals surface area (Å²) >= 11 is 5.86. The van der Waals surface area contributed by atoms with E-state index in [0.29, 0.717) is 23.0 Å². The topological polar surface area (TPSA) is 55.8 Å². The molecule has 5 heteroatoms. The standard InChI is InChI=1S/C14H17ClO4/c1-3-19-12(9-14(17)18-2)8-13(16)10-5-4-6-11(15)7-10/h4-7,9,13,16H,3,8H2,1-2H3. The Kier molecular flexibility index (Phi) is 6.39. The summed E-state index contributed by atoms with van der Waals surface area (Å²) in [5, 5.41) is 10.6. The van der Waals surface area contributed by atoms with E-state index in [4.69, 9.17) is 16.3 Å². The molecule has 19 heavy (non-hydrogen) atoms. The van der Waals surface area contributed by atoms with Gasteiger partial charge < -0.3 is 14.6 Å². The molecule has 1 N–H and O–H groups in total. The first-order chi connectivity index (χ1) is 9.06. The van der Waals surface area contributed by atoms with Crippen molar-refractivity contribution in [3.8, 4) is 0 Å². The van der Waals surface area contributed by atoms with Crippen LogP contribution >= 0.6 is 11.6 Å².